The zero-order valence-corrected chi connectivity index (χ0v) is 18.6. The summed E-state index contributed by atoms with van der Waals surface area (Å²) in [7, 11) is 0. The highest BCUT2D eigenvalue weighted by Crippen LogP contribution is 2.09. The molecule has 0 saturated carbocycles. The van der Waals surface area contributed by atoms with Crippen LogP contribution >= 0.6 is 24.0 Å². The Labute approximate surface area is 174 Å². The van der Waals surface area contributed by atoms with Crippen molar-refractivity contribution in [1.29, 1.82) is 0 Å². The van der Waals surface area contributed by atoms with Gasteiger partial charge in [0.2, 0.25) is 5.95 Å². The number of halogens is 1. The lowest BCUT2D eigenvalue weighted by Crippen LogP contribution is -2.53. The summed E-state index contributed by atoms with van der Waals surface area (Å²) in [6.07, 6.45) is 4.54. The first-order chi connectivity index (χ1) is 12.2. The SMILES string of the molecule is CCNC(=NCCCOCC(C)C)N1CCN(c2ncccn2)CC1.I. The van der Waals surface area contributed by atoms with E-state index < -0.39 is 0 Å². The summed E-state index contributed by atoms with van der Waals surface area (Å²) in [5.74, 6) is 2.40. The number of ether oxygens (including phenoxy) is 1. The number of rotatable bonds is 8. The number of hydrogen-bond acceptors (Lipinski definition) is 5. The quantitative estimate of drug-likeness (QED) is 0.269. The molecule has 0 unspecified atom stereocenters. The van der Waals surface area contributed by atoms with Gasteiger partial charge in [-0.3, -0.25) is 4.99 Å². The molecule has 0 radical (unpaired) electrons. The average molecular weight is 476 g/mol. The van der Waals surface area contributed by atoms with Gasteiger partial charge in [-0.25, -0.2) is 9.97 Å². The summed E-state index contributed by atoms with van der Waals surface area (Å²) >= 11 is 0. The number of nitrogens with zero attached hydrogens (tertiary/aromatic N) is 5. The summed E-state index contributed by atoms with van der Waals surface area (Å²) < 4.78 is 5.62. The number of anilines is 1. The third-order valence-electron chi connectivity index (χ3n) is 3.91. The first kappa shape index (κ1) is 22.9. The van der Waals surface area contributed by atoms with Gasteiger partial charge in [-0.2, -0.15) is 0 Å². The van der Waals surface area contributed by atoms with E-state index in [1.54, 1.807) is 12.4 Å². The summed E-state index contributed by atoms with van der Waals surface area (Å²) in [5.41, 5.74) is 0. The van der Waals surface area contributed by atoms with Crippen molar-refractivity contribution in [3.63, 3.8) is 0 Å². The monoisotopic (exact) mass is 476 g/mol. The zero-order chi connectivity index (χ0) is 17.9. The van der Waals surface area contributed by atoms with Crippen LogP contribution in [0.1, 0.15) is 27.2 Å². The molecule has 1 aliphatic rings. The highest BCUT2D eigenvalue weighted by atomic mass is 127. The molecular formula is C18H33IN6O. The number of nitrogens with one attached hydrogen (secondary N) is 1. The molecule has 1 aromatic rings. The predicted octanol–water partition coefficient (Wildman–Crippen LogP) is 2.24. The predicted molar refractivity (Wildman–Crippen MR) is 117 cm³/mol. The lowest BCUT2D eigenvalue weighted by Gasteiger charge is -2.36. The van der Waals surface area contributed by atoms with Crippen LogP contribution in [0.3, 0.4) is 0 Å². The molecule has 0 aromatic carbocycles. The molecule has 0 bridgehead atoms. The van der Waals surface area contributed by atoms with E-state index in [1.807, 2.05) is 6.07 Å². The van der Waals surface area contributed by atoms with Gasteiger partial charge >= 0.3 is 0 Å². The van der Waals surface area contributed by atoms with Gasteiger partial charge in [0.1, 0.15) is 0 Å². The van der Waals surface area contributed by atoms with Crippen LogP contribution in [0.5, 0.6) is 0 Å². The maximum Gasteiger partial charge on any atom is 0.225 e. The summed E-state index contributed by atoms with van der Waals surface area (Å²) in [6.45, 7) is 13.4. The number of guanidine groups is 1. The van der Waals surface area contributed by atoms with Crippen molar-refractivity contribution in [2.75, 3.05) is 57.4 Å². The van der Waals surface area contributed by atoms with E-state index in [1.165, 1.54) is 0 Å². The highest BCUT2D eigenvalue weighted by molar-refractivity contribution is 14.0. The van der Waals surface area contributed by atoms with E-state index in [-0.39, 0.29) is 24.0 Å². The Hall–Kier alpha value is -1.16. The van der Waals surface area contributed by atoms with Gasteiger partial charge in [-0.1, -0.05) is 13.8 Å². The third kappa shape index (κ3) is 8.03. The smallest absolute Gasteiger partial charge is 0.225 e. The Kier molecular flexibility index (Phi) is 11.5. The van der Waals surface area contributed by atoms with E-state index in [0.717, 1.165) is 70.8 Å². The second kappa shape index (κ2) is 13.1. The van der Waals surface area contributed by atoms with E-state index >= 15 is 0 Å². The molecule has 0 atom stereocenters. The van der Waals surface area contributed by atoms with Gasteiger partial charge in [0.25, 0.3) is 0 Å². The van der Waals surface area contributed by atoms with Crippen molar-refractivity contribution in [2.24, 2.45) is 10.9 Å². The van der Waals surface area contributed by atoms with Crippen molar-refractivity contribution in [3.05, 3.63) is 18.5 Å². The van der Waals surface area contributed by atoms with Crippen LogP contribution < -0.4 is 10.2 Å². The van der Waals surface area contributed by atoms with Crippen molar-refractivity contribution in [3.8, 4) is 0 Å². The maximum atomic E-state index is 5.62. The summed E-state index contributed by atoms with van der Waals surface area (Å²) in [5, 5.41) is 3.40. The van der Waals surface area contributed by atoms with Crippen LogP contribution in [-0.4, -0.2) is 73.3 Å². The minimum atomic E-state index is 0. The van der Waals surface area contributed by atoms with Crippen molar-refractivity contribution in [1.82, 2.24) is 20.2 Å². The molecule has 2 heterocycles. The largest absolute Gasteiger partial charge is 0.381 e. The fraction of sp³-hybridized carbons (Fsp3) is 0.722. The normalized spacial score (nSPS) is 15.2. The molecule has 0 amide bonds. The average Bonchev–Trinajstić information content (AvgIpc) is 2.64. The molecular weight excluding hydrogens is 443 g/mol. The van der Waals surface area contributed by atoms with Crippen LogP contribution in [0.4, 0.5) is 5.95 Å². The number of hydrogen-bond donors (Lipinski definition) is 1. The van der Waals surface area contributed by atoms with Crippen molar-refractivity contribution in [2.45, 2.75) is 27.2 Å². The Morgan fingerprint density at radius 3 is 2.54 bits per heavy atom. The standard InChI is InChI=1S/C18H32N6O.HI/c1-4-19-17(22-9-6-14-25-15-16(2)3)23-10-12-24(13-11-23)18-20-7-5-8-21-18;/h5,7-8,16H,4,6,9-15H2,1-3H3,(H,19,22);1H. The van der Waals surface area contributed by atoms with Gasteiger partial charge in [0, 0.05) is 64.9 Å². The number of aliphatic imine (C=N–C) groups is 1. The van der Waals surface area contributed by atoms with Crippen LogP contribution in [0.25, 0.3) is 0 Å². The Morgan fingerprint density at radius 1 is 1.23 bits per heavy atom. The fourth-order valence-corrected chi connectivity index (χ4v) is 2.67. The van der Waals surface area contributed by atoms with E-state index in [4.69, 9.17) is 9.73 Å². The van der Waals surface area contributed by atoms with Gasteiger partial charge in [-0.15, -0.1) is 24.0 Å². The van der Waals surface area contributed by atoms with E-state index in [9.17, 15) is 0 Å². The van der Waals surface area contributed by atoms with Gasteiger partial charge in [-0.05, 0) is 25.3 Å². The lowest BCUT2D eigenvalue weighted by molar-refractivity contribution is 0.109. The minimum Gasteiger partial charge on any atom is -0.381 e. The first-order valence-corrected chi connectivity index (χ1v) is 9.33. The molecule has 0 spiro atoms. The Bertz CT molecular complexity index is 506. The van der Waals surface area contributed by atoms with Gasteiger partial charge < -0.3 is 19.9 Å². The Balaban J connectivity index is 0.00000338. The molecule has 1 saturated heterocycles. The van der Waals surface area contributed by atoms with Crippen LogP contribution in [0.2, 0.25) is 0 Å². The molecule has 2 rings (SSSR count). The first-order valence-electron chi connectivity index (χ1n) is 9.33. The highest BCUT2D eigenvalue weighted by Gasteiger charge is 2.20. The second-order valence-corrected chi connectivity index (χ2v) is 6.58. The summed E-state index contributed by atoms with van der Waals surface area (Å²) in [4.78, 5) is 18.0. The zero-order valence-electron chi connectivity index (χ0n) is 16.2. The van der Waals surface area contributed by atoms with Crippen LogP contribution in [-0.2, 0) is 4.74 Å². The Morgan fingerprint density at radius 2 is 1.92 bits per heavy atom. The third-order valence-corrected chi connectivity index (χ3v) is 3.91. The molecule has 1 aliphatic heterocycles. The second-order valence-electron chi connectivity index (χ2n) is 6.58. The minimum absolute atomic E-state index is 0. The molecule has 0 aliphatic carbocycles. The van der Waals surface area contributed by atoms with Crippen LogP contribution in [0, 0.1) is 5.92 Å². The molecule has 8 heteroatoms. The molecule has 7 nitrogen and oxygen atoms in total. The topological polar surface area (TPSA) is 65.9 Å². The molecule has 1 fully saturated rings. The molecule has 26 heavy (non-hydrogen) atoms. The van der Waals surface area contributed by atoms with Crippen LogP contribution in [0.15, 0.2) is 23.5 Å². The maximum absolute atomic E-state index is 5.62. The van der Waals surface area contributed by atoms with E-state index in [0.29, 0.717) is 5.92 Å². The fourth-order valence-electron chi connectivity index (χ4n) is 2.67. The lowest BCUT2D eigenvalue weighted by atomic mass is 10.2. The van der Waals surface area contributed by atoms with Gasteiger partial charge in [0.05, 0.1) is 0 Å². The van der Waals surface area contributed by atoms with Crippen molar-refractivity contribution >= 4 is 35.9 Å². The number of aromatic nitrogens is 2. The molecule has 1 aromatic heterocycles. The van der Waals surface area contributed by atoms with Crippen molar-refractivity contribution < 1.29 is 4.74 Å². The molecule has 148 valence electrons. The van der Waals surface area contributed by atoms with E-state index in [2.05, 4.69) is 45.9 Å². The van der Waals surface area contributed by atoms with Gasteiger partial charge in [0.15, 0.2) is 5.96 Å². The molecule has 1 N–H and O–H groups in total. The number of piperazine rings is 1. The summed E-state index contributed by atoms with van der Waals surface area (Å²) in [6, 6.07) is 1.85.